The summed E-state index contributed by atoms with van der Waals surface area (Å²) in [5, 5.41) is 5.76. The van der Waals surface area contributed by atoms with Crippen molar-refractivity contribution in [2.75, 3.05) is 40.3 Å². The van der Waals surface area contributed by atoms with Gasteiger partial charge >= 0.3 is 0 Å². The number of nitrogens with two attached hydrogens (primary N) is 1. The number of amides is 2. The van der Waals surface area contributed by atoms with Crippen molar-refractivity contribution in [3.8, 4) is 22.8 Å². The number of carbonyl (C=O) groups excluding carboxylic acids is 2. The van der Waals surface area contributed by atoms with Crippen LogP contribution in [0.5, 0.6) is 0 Å². The molecule has 7 N–H and O–H groups in total. The molecule has 12 heteroatoms. The predicted molar refractivity (Wildman–Crippen MR) is 167 cm³/mol. The Bertz CT molecular complexity index is 1520. The molecule has 0 unspecified atom stereocenters. The van der Waals surface area contributed by atoms with Gasteiger partial charge in [-0.3, -0.25) is 19.4 Å². The molecule has 5 heterocycles. The standard InChI is InChI=1S/C32H38N10O2/c1-41-17-23-5-3-7-27(37-23)28-8-4-6-24(38-28)18-42(2)20-26-14-22(32(44)36-12-10-34)16-30(40-26)29-15-21(13-25(19-41)39-29)31(43)35-11-9-33/h3-8,13-16H,9-12,17-20,33-34H2,1-2H3,(H,35,43)(H,36,44)/p+1. The van der Waals surface area contributed by atoms with Crippen molar-refractivity contribution < 1.29 is 15.3 Å². The monoisotopic (exact) mass is 595 g/mol. The number of hydrogen-bond acceptors (Lipinski definition) is 9. The lowest BCUT2D eigenvalue weighted by Crippen LogP contribution is -2.54. The van der Waals surface area contributed by atoms with E-state index in [0.717, 1.165) is 22.8 Å². The fourth-order valence-electron chi connectivity index (χ4n) is 5.09. The Morgan fingerprint density at radius 3 is 1.57 bits per heavy atom. The van der Waals surface area contributed by atoms with Gasteiger partial charge in [-0.1, -0.05) is 12.1 Å². The van der Waals surface area contributed by atoms with Crippen LogP contribution in [-0.4, -0.2) is 81.8 Å². The van der Waals surface area contributed by atoms with Gasteiger partial charge in [-0.25, -0.2) is 19.9 Å². The third kappa shape index (κ3) is 7.85. The minimum Gasteiger partial charge on any atom is -0.356 e. The number of hydrogen-bond donors (Lipinski definition) is 4. The van der Waals surface area contributed by atoms with Crippen LogP contribution in [0, 0.1) is 0 Å². The van der Waals surface area contributed by atoms with Crippen LogP contribution in [0.15, 0.2) is 60.7 Å². The molecule has 5 rings (SSSR count). The number of rotatable bonds is 6. The maximum atomic E-state index is 13.1. The van der Waals surface area contributed by atoms with Crippen LogP contribution in [0.4, 0.5) is 0 Å². The van der Waals surface area contributed by atoms with Gasteiger partial charge in [0.2, 0.25) is 0 Å². The molecule has 228 valence electrons. The molecule has 4 aromatic heterocycles. The second-order valence-electron chi connectivity index (χ2n) is 11.0. The first-order valence-electron chi connectivity index (χ1n) is 14.7. The van der Waals surface area contributed by atoms with Gasteiger partial charge in [0.15, 0.2) is 0 Å². The van der Waals surface area contributed by atoms with E-state index in [2.05, 4.69) is 26.2 Å². The van der Waals surface area contributed by atoms with Gasteiger partial charge in [0.25, 0.3) is 11.8 Å². The molecule has 2 amide bonds. The summed E-state index contributed by atoms with van der Waals surface area (Å²) in [7, 11) is 3.96. The minimum atomic E-state index is -0.252. The van der Waals surface area contributed by atoms with Crippen LogP contribution in [0.1, 0.15) is 43.5 Å². The third-order valence-electron chi connectivity index (χ3n) is 7.04. The fourth-order valence-corrected chi connectivity index (χ4v) is 5.09. The molecule has 4 aromatic rings. The number of nitrogens with one attached hydrogen (secondary N) is 2. The zero-order valence-electron chi connectivity index (χ0n) is 25.2. The highest BCUT2D eigenvalue weighted by Crippen LogP contribution is 2.23. The molecular weight excluding hydrogens is 556 g/mol. The van der Waals surface area contributed by atoms with E-state index in [0.29, 0.717) is 86.3 Å². The summed E-state index contributed by atoms with van der Waals surface area (Å²) >= 11 is 0. The minimum absolute atomic E-state index is 0.219. The van der Waals surface area contributed by atoms with E-state index >= 15 is 0 Å². The van der Waals surface area contributed by atoms with E-state index in [1.165, 1.54) is 0 Å². The molecule has 12 nitrogen and oxygen atoms in total. The normalized spacial score (nSPS) is 13.9. The molecular formula is C32H39N10O2+. The first-order chi connectivity index (χ1) is 21.3. The summed E-state index contributed by atoms with van der Waals surface area (Å²) in [6.45, 7) is 3.72. The summed E-state index contributed by atoms with van der Waals surface area (Å²) in [6, 6.07) is 18.9. The Hall–Kier alpha value is -4.62. The molecule has 0 spiro atoms. The molecule has 0 fully saturated rings. The summed E-state index contributed by atoms with van der Waals surface area (Å²) in [5.74, 6) is -0.472. The lowest BCUT2D eigenvalue weighted by atomic mass is 10.1. The molecule has 1 aliphatic rings. The number of nitrogens with zero attached hydrogens (tertiary/aromatic N) is 6. The zero-order chi connectivity index (χ0) is 31.1. The second-order valence-corrected chi connectivity index (χ2v) is 11.0. The van der Waals surface area contributed by atoms with E-state index in [-0.39, 0.29) is 11.8 Å². The first-order valence-corrected chi connectivity index (χ1v) is 14.7. The molecule has 8 bridgehead atoms. The van der Waals surface area contributed by atoms with Crippen molar-refractivity contribution >= 4 is 11.8 Å². The van der Waals surface area contributed by atoms with E-state index in [9.17, 15) is 9.59 Å². The lowest BCUT2D eigenvalue weighted by molar-refractivity contribution is -0.364. The van der Waals surface area contributed by atoms with Crippen molar-refractivity contribution in [2.45, 2.75) is 26.2 Å². The van der Waals surface area contributed by atoms with Crippen molar-refractivity contribution in [1.29, 1.82) is 0 Å². The molecule has 0 aromatic carbocycles. The maximum absolute atomic E-state index is 13.1. The van der Waals surface area contributed by atoms with Crippen LogP contribution < -0.4 is 22.1 Å². The molecule has 0 saturated heterocycles. The second kappa shape index (κ2) is 14.2. The lowest BCUT2D eigenvalue weighted by Gasteiger charge is -2.19. The van der Waals surface area contributed by atoms with Crippen LogP contribution in [-0.2, 0) is 26.2 Å². The maximum Gasteiger partial charge on any atom is 0.251 e. The summed E-state index contributed by atoms with van der Waals surface area (Å²) < 4.78 is 0. The average molecular weight is 596 g/mol. The zero-order valence-corrected chi connectivity index (χ0v) is 25.2. The van der Waals surface area contributed by atoms with Gasteiger partial charge in [0.1, 0.15) is 0 Å². The highest BCUT2D eigenvalue weighted by molar-refractivity contribution is 5.96. The van der Waals surface area contributed by atoms with Gasteiger partial charge in [-0.05, 0) is 62.6 Å². The van der Waals surface area contributed by atoms with Gasteiger partial charge in [-0.2, -0.15) is 0 Å². The highest BCUT2D eigenvalue weighted by atomic mass is 16.2. The van der Waals surface area contributed by atoms with E-state index < -0.39 is 0 Å². The third-order valence-corrected chi connectivity index (χ3v) is 7.04. The van der Waals surface area contributed by atoms with Crippen LogP contribution >= 0.6 is 0 Å². The highest BCUT2D eigenvalue weighted by Gasteiger charge is 2.18. The Morgan fingerprint density at radius 2 is 1.11 bits per heavy atom. The van der Waals surface area contributed by atoms with Gasteiger partial charge in [0, 0.05) is 50.4 Å². The number of aromatic nitrogens is 4. The summed E-state index contributed by atoms with van der Waals surface area (Å²) in [5.41, 5.74) is 16.1. The van der Waals surface area contributed by atoms with Gasteiger partial charge in [-0.15, -0.1) is 0 Å². The number of pyridine rings is 4. The largest absolute Gasteiger partial charge is 0.356 e. The SMILES string of the molecule is CN1Cc2cccc(n2)-c2cccc(n2)CN(C)Cc2cc(C(=O)NCC[NH3+])cc(n2)-c2cc(C(=O)NCCN)cc(n2)C1. The van der Waals surface area contributed by atoms with Gasteiger partial charge in [0.05, 0.1) is 58.6 Å². The fraction of sp³-hybridized carbons (Fsp3) is 0.312. The molecule has 44 heavy (non-hydrogen) atoms. The summed E-state index contributed by atoms with van der Waals surface area (Å²) in [4.78, 5) is 50.0. The Morgan fingerprint density at radius 1 is 0.682 bits per heavy atom. The van der Waals surface area contributed by atoms with Crippen molar-refractivity contribution in [2.24, 2.45) is 5.73 Å². The molecule has 1 aliphatic heterocycles. The van der Waals surface area contributed by atoms with Crippen LogP contribution in [0.25, 0.3) is 22.8 Å². The molecule has 0 radical (unpaired) electrons. The van der Waals surface area contributed by atoms with E-state index in [1.54, 1.807) is 24.3 Å². The summed E-state index contributed by atoms with van der Waals surface area (Å²) in [6.07, 6.45) is 0. The van der Waals surface area contributed by atoms with Crippen LogP contribution in [0.2, 0.25) is 0 Å². The number of carbonyl (C=O) groups is 2. The van der Waals surface area contributed by atoms with E-state index in [4.69, 9.17) is 25.7 Å². The van der Waals surface area contributed by atoms with Gasteiger partial charge < -0.3 is 22.1 Å². The molecule has 0 atom stereocenters. The van der Waals surface area contributed by atoms with Crippen molar-refractivity contribution in [1.82, 2.24) is 40.4 Å². The quantitative estimate of drug-likeness (QED) is 0.252. The Balaban J connectivity index is 1.62. The number of fused-ring (bicyclic) bond motifs is 10. The molecule has 0 aliphatic carbocycles. The van der Waals surface area contributed by atoms with Crippen molar-refractivity contribution in [3.05, 3.63) is 94.6 Å². The first kappa shape index (κ1) is 30.8. The number of quaternary nitrogens is 1. The predicted octanol–water partition coefficient (Wildman–Crippen LogP) is 0.838. The smallest absolute Gasteiger partial charge is 0.251 e. The Labute approximate surface area is 256 Å². The topological polar surface area (TPSA) is 170 Å². The molecule has 0 saturated carbocycles. The average Bonchev–Trinajstić information content (AvgIpc) is 3.01. The van der Waals surface area contributed by atoms with Crippen molar-refractivity contribution in [3.63, 3.8) is 0 Å². The van der Waals surface area contributed by atoms with Crippen LogP contribution in [0.3, 0.4) is 0 Å². The van der Waals surface area contributed by atoms with E-state index in [1.807, 2.05) is 50.5 Å². The Kier molecular flexibility index (Phi) is 9.97.